The zero-order valence-electron chi connectivity index (χ0n) is 19.0. The Morgan fingerprint density at radius 3 is 2.85 bits per heavy atom. The number of nitrogens with zero attached hydrogens (tertiary/aromatic N) is 2. The molecule has 4 rings (SSSR count). The van der Waals surface area contributed by atoms with Crippen LogP contribution < -0.4 is 16.0 Å². The summed E-state index contributed by atoms with van der Waals surface area (Å²) in [4.78, 5) is 21.8. The second-order valence-corrected chi connectivity index (χ2v) is 9.13. The largest absolute Gasteiger partial charge is 0.383 e. The van der Waals surface area contributed by atoms with Crippen LogP contribution in [-0.4, -0.2) is 61.9 Å². The molecule has 8 nitrogen and oxygen atoms in total. The lowest BCUT2D eigenvalue weighted by atomic mass is 9.94. The summed E-state index contributed by atoms with van der Waals surface area (Å²) >= 11 is 6.44. The van der Waals surface area contributed by atoms with Crippen LogP contribution in [0.4, 0.5) is 11.6 Å². The van der Waals surface area contributed by atoms with Gasteiger partial charge in [-0.05, 0) is 49.8 Å². The van der Waals surface area contributed by atoms with E-state index in [9.17, 15) is 4.79 Å². The molecule has 0 bridgehead atoms. The molecule has 178 valence electrons. The molecule has 2 fully saturated rings. The number of piperidine rings is 1. The number of methoxy groups -OCH3 is 1. The van der Waals surface area contributed by atoms with Crippen molar-refractivity contribution in [2.24, 2.45) is 11.8 Å². The average Bonchev–Trinajstić information content (AvgIpc) is 2.85. The van der Waals surface area contributed by atoms with Crippen molar-refractivity contribution in [3.05, 3.63) is 35.5 Å². The minimum absolute atomic E-state index is 0.0426. The summed E-state index contributed by atoms with van der Waals surface area (Å²) in [5.74, 6) is 1.72. The molecule has 0 unspecified atom stereocenters. The molecule has 0 spiro atoms. The van der Waals surface area contributed by atoms with E-state index < -0.39 is 0 Å². The van der Waals surface area contributed by atoms with E-state index in [4.69, 9.17) is 26.1 Å². The zero-order chi connectivity index (χ0) is 23.0. The Balaban J connectivity index is 1.39. The summed E-state index contributed by atoms with van der Waals surface area (Å²) in [6, 6.07) is 7.90. The molecule has 0 aromatic carbocycles. The molecule has 2 aromatic rings. The lowest BCUT2D eigenvalue weighted by Crippen LogP contribution is -2.45. The van der Waals surface area contributed by atoms with Gasteiger partial charge in [0, 0.05) is 51.2 Å². The second-order valence-electron chi connectivity index (χ2n) is 8.72. The van der Waals surface area contributed by atoms with E-state index in [1.807, 2.05) is 18.2 Å². The maximum Gasteiger partial charge on any atom is 0.229 e. The van der Waals surface area contributed by atoms with E-state index in [0.29, 0.717) is 36.0 Å². The van der Waals surface area contributed by atoms with Gasteiger partial charge in [-0.3, -0.25) is 4.79 Å². The van der Waals surface area contributed by atoms with Crippen LogP contribution in [0.25, 0.3) is 11.3 Å². The minimum atomic E-state index is -0.102. The first-order valence-electron chi connectivity index (χ1n) is 11.6. The Kier molecular flexibility index (Phi) is 8.50. The molecule has 0 radical (unpaired) electrons. The molecular formula is C24H32ClN5O3. The van der Waals surface area contributed by atoms with Gasteiger partial charge in [0.25, 0.3) is 0 Å². The van der Waals surface area contributed by atoms with Crippen molar-refractivity contribution in [1.82, 2.24) is 15.3 Å². The van der Waals surface area contributed by atoms with Crippen LogP contribution in [-0.2, 0) is 14.3 Å². The quantitative estimate of drug-likeness (QED) is 0.539. The third-order valence-corrected chi connectivity index (χ3v) is 6.60. The molecule has 1 amide bonds. The number of hydrogen-bond acceptors (Lipinski definition) is 7. The highest BCUT2D eigenvalue weighted by molar-refractivity contribution is 6.33. The van der Waals surface area contributed by atoms with Crippen LogP contribution in [0.5, 0.6) is 0 Å². The van der Waals surface area contributed by atoms with Crippen LogP contribution in [0, 0.1) is 11.8 Å². The third kappa shape index (κ3) is 6.63. The minimum Gasteiger partial charge on any atom is -0.383 e. The number of ether oxygens (including phenoxy) is 2. The molecule has 3 N–H and O–H groups in total. The molecular weight excluding hydrogens is 442 g/mol. The first-order chi connectivity index (χ1) is 16.1. The smallest absolute Gasteiger partial charge is 0.229 e. The van der Waals surface area contributed by atoms with Gasteiger partial charge in [0.1, 0.15) is 11.6 Å². The van der Waals surface area contributed by atoms with Gasteiger partial charge in [0.2, 0.25) is 5.91 Å². The average molecular weight is 474 g/mol. The van der Waals surface area contributed by atoms with Crippen molar-refractivity contribution < 1.29 is 14.3 Å². The van der Waals surface area contributed by atoms with Crippen molar-refractivity contribution in [3.63, 3.8) is 0 Å². The predicted octanol–water partition coefficient (Wildman–Crippen LogP) is 3.59. The van der Waals surface area contributed by atoms with E-state index in [2.05, 4.69) is 20.9 Å². The van der Waals surface area contributed by atoms with Crippen LogP contribution in [0.15, 0.2) is 30.5 Å². The zero-order valence-corrected chi connectivity index (χ0v) is 19.7. The summed E-state index contributed by atoms with van der Waals surface area (Å²) in [6.07, 6.45) is 5.41. The molecule has 9 heteroatoms. The van der Waals surface area contributed by atoms with E-state index >= 15 is 0 Å². The fraction of sp³-hybridized carbons (Fsp3) is 0.542. The van der Waals surface area contributed by atoms with Crippen molar-refractivity contribution in [2.75, 3.05) is 50.7 Å². The van der Waals surface area contributed by atoms with Gasteiger partial charge < -0.3 is 25.4 Å². The van der Waals surface area contributed by atoms with Gasteiger partial charge in [-0.1, -0.05) is 17.7 Å². The number of aromatic nitrogens is 2. The maximum atomic E-state index is 12.8. The van der Waals surface area contributed by atoms with Gasteiger partial charge in [-0.25, -0.2) is 9.97 Å². The Labute approximate surface area is 199 Å². The monoisotopic (exact) mass is 473 g/mol. The number of amides is 1. The van der Waals surface area contributed by atoms with Crippen molar-refractivity contribution >= 4 is 29.1 Å². The molecule has 2 saturated heterocycles. The molecule has 33 heavy (non-hydrogen) atoms. The standard InChI is InChI=1S/C24H32ClN5O3/c1-32-15-18-6-5-17(13-26-18)24(31)30-23-11-19(20(25)14-28-23)21-3-2-4-22(29-21)27-12-16-7-9-33-10-8-16/h2-4,11,14,16-18,26H,5-10,12-13,15H2,1H3,(H,27,29)(H,28,30,31)/t17-,18+/m0/s1. The number of pyridine rings is 2. The molecule has 2 aromatic heterocycles. The van der Waals surface area contributed by atoms with E-state index in [1.54, 1.807) is 19.4 Å². The van der Waals surface area contributed by atoms with Gasteiger partial charge in [-0.15, -0.1) is 0 Å². The number of halogens is 1. The molecule has 2 aliphatic heterocycles. The van der Waals surface area contributed by atoms with Gasteiger partial charge in [0.05, 0.1) is 23.2 Å². The molecule has 2 atom stereocenters. The summed E-state index contributed by atoms with van der Waals surface area (Å²) in [7, 11) is 1.69. The SMILES string of the molecule is COC[C@H]1CC[C@H](C(=O)Nc2cc(-c3cccc(NCC4CCOCC4)n3)c(Cl)cn2)CN1. The third-order valence-electron chi connectivity index (χ3n) is 6.30. The topological polar surface area (TPSA) is 97.4 Å². The first kappa shape index (κ1) is 23.9. The fourth-order valence-electron chi connectivity index (χ4n) is 4.30. The molecule has 0 saturated carbocycles. The lowest BCUT2D eigenvalue weighted by molar-refractivity contribution is -0.120. The summed E-state index contributed by atoms with van der Waals surface area (Å²) in [6.45, 7) is 3.80. The van der Waals surface area contributed by atoms with E-state index in [-0.39, 0.29) is 11.8 Å². The molecule has 0 aliphatic carbocycles. The van der Waals surface area contributed by atoms with Crippen LogP contribution in [0.2, 0.25) is 5.02 Å². The van der Waals surface area contributed by atoms with Crippen LogP contribution in [0.1, 0.15) is 25.7 Å². The Hall–Kier alpha value is -2.26. The summed E-state index contributed by atoms with van der Waals surface area (Å²) in [5, 5.41) is 10.2. The Morgan fingerprint density at radius 2 is 2.09 bits per heavy atom. The maximum absolute atomic E-state index is 12.8. The first-order valence-corrected chi connectivity index (χ1v) is 12.0. The fourth-order valence-corrected chi connectivity index (χ4v) is 4.50. The highest BCUT2D eigenvalue weighted by Crippen LogP contribution is 2.29. The van der Waals surface area contributed by atoms with Crippen LogP contribution >= 0.6 is 11.6 Å². The van der Waals surface area contributed by atoms with Gasteiger partial charge in [0.15, 0.2) is 0 Å². The van der Waals surface area contributed by atoms with Gasteiger partial charge >= 0.3 is 0 Å². The number of rotatable bonds is 8. The number of nitrogens with one attached hydrogen (secondary N) is 3. The number of anilines is 2. The predicted molar refractivity (Wildman–Crippen MR) is 130 cm³/mol. The Morgan fingerprint density at radius 1 is 1.24 bits per heavy atom. The van der Waals surface area contributed by atoms with Crippen molar-refractivity contribution in [3.8, 4) is 11.3 Å². The summed E-state index contributed by atoms with van der Waals surface area (Å²) in [5.41, 5.74) is 1.47. The molecule has 2 aliphatic rings. The highest BCUT2D eigenvalue weighted by atomic mass is 35.5. The number of carbonyl (C=O) groups excluding carboxylic acids is 1. The summed E-state index contributed by atoms with van der Waals surface area (Å²) < 4.78 is 10.6. The second kappa shape index (κ2) is 11.7. The lowest BCUT2D eigenvalue weighted by Gasteiger charge is -2.28. The van der Waals surface area contributed by atoms with Gasteiger partial charge in [-0.2, -0.15) is 0 Å². The van der Waals surface area contributed by atoms with E-state index in [0.717, 1.165) is 62.5 Å². The molecule has 4 heterocycles. The van der Waals surface area contributed by atoms with Crippen molar-refractivity contribution in [2.45, 2.75) is 31.7 Å². The number of hydrogen-bond donors (Lipinski definition) is 3. The number of carbonyl (C=O) groups is 1. The van der Waals surface area contributed by atoms with E-state index in [1.165, 1.54) is 0 Å². The Bertz CT molecular complexity index is 930. The normalized spacial score (nSPS) is 21.5. The van der Waals surface area contributed by atoms with Crippen LogP contribution in [0.3, 0.4) is 0 Å². The highest BCUT2D eigenvalue weighted by Gasteiger charge is 2.26. The van der Waals surface area contributed by atoms with Crippen molar-refractivity contribution in [1.29, 1.82) is 0 Å².